The minimum absolute atomic E-state index is 0.0481. The molecule has 2 aliphatic heterocycles. The first kappa shape index (κ1) is 11.4. The monoisotopic (exact) mass is 232 g/mol. The smallest absolute Gasteiger partial charge is 0.143 e. The molecule has 5 atom stereocenters. The lowest BCUT2D eigenvalue weighted by Crippen LogP contribution is -2.50. The Morgan fingerprint density at radius 1 is 1.60 bits per heavy atom. The lowest BCUT2D eigenvalue weighted by Gasteiger charge is -2.30. The Bertz CT molecular complexity index is 303. The molecule has 1 saturated heterocycles. The second kappa shape index (κ2) is 4.44. The van der Waals surface area contributed by atoms with E-state index in [-0.39, 0.29) is 33.4 Å². The summed E-state index contributed by atoms with van der Waals surface area (Å²) in [5, 5.41) is 19.3. The van der Waals surface area contributed by atoms with Gasteiger partial charge in [0.2, 0.25) is 0 Å². The van der Waals surface area contributed by atoms with E-state index in [2.05, 4.69) is 5.81 Å². The fraction of sp³-hybridized carbons (Fsp3) is 0.875. The van der Waals surface area contributed by atoms with E-state index in [1.165, 1.54) is 0 Å². The molecule has 5 nitrogen and oxygen atoms in total. The SMILES string of the molecule is BC1OC2CO[PH]#CO[C@H]2[C@@]1(O)CCO. The van der Waals surface area contributed by atoms with Gasteiger partial charge in [-0.3, -0.25) is 4.74 Å². The van der Waals surface area contributed by atoms with E-state index in [0.29, 0.717) is 6.61 Å². The van der Waals surface area contributed by atoms with Gasteiger partial charge >= 0.3 is 0 Å². The minimum atomic E-state index is -1.15. The molecule has 15 heavy (non-hydrogen) atoms. The average molecular weight is 232 g/mol. The van der Waals surface area contributed by atoms with E-state index < -0.39 is 11.7 Å². The first-order valence-electron chi connectivity index (χ1n) is 4.94. The Kier molecular flexibility index (Phi) is 3.38. The molecule has 2 N–H and O–H groups in total. The molecule has 7 heteroatoms. The van der Waals surface area contributed by atoms with Crippen molar-refractivity contribution in [2.75, 3.05) is 13.2 Å². The van der Waals surface area contributed by atoms with Gasteiger partial charge in [0.15, 0.2) is 0 Å². The minimum Gasteiger partial charge on any atom is -0.396 e. The highest BCUT2D eigenvalue weighted by molar-refractivity contribution is 7.20. The molecule has 0 amide bonds. The summed E-state index contributed by atoms with van der Waals surface area (Å²) in [6.45, 7) is 0.300. The lowest BCUT2D eigenvalue weighted by molar-refractivity contribution is -0.0698. The molecule has 0 aromatic rings. The lowest BCUT2D eigenvalue weighted by atomic mass is 9.78. The molecule has 2 aliphatic rings. The van der Waals surface area contributed by atoms with Crippen molar-refractivity contribution in [2.45, 2.75) is 30.2 Å². The van der Waals surface area contributed by atoms with Crippen LogP contribution in [0.1, 0.15) is 6.42 Å². The van der Waals surface area contributed by atoms with Crippen LogP contribution in [0.3, 0.4) is 0 Å². The Morgan fingerprint density at radius 3 is 3.13 bits per heavy atom. The standard InChI is InChI=1S/C8H14BO5P/c9-7-8(11,1-2-10)6-5(14-7)3-13-15-4-12-6/h5-7,10-11,15H,1-3,9H2/t5?,6-,7?,8+/m1/s1. The topological polar surface area (TPSA) is 68.2 Å². The number of aliphatic hydroxyl groups excluding tert-OH is 1. The molecule has 0 aliphatic carbocycles. The summed E-state index contributed by atoms with van der Waals surface area (Å²) >= 11 is 0. The second-order valence-corrected chi connectivity index (χ2v) is 4.53. The summed E-state index contributed by atoms with van der Waals surface area (Å²) < 4.78 is 16.1. The zero-order chi connectivity index (χ0) is 10.9. The molecule has 3 unspecified atom stereocenters. The van der Waals surface area contributed by atoms with Gasteiger partial charge < -0.3 is 19.5 Å². The van der Waals surface area contributed by atoms with Gasteiger partial charge in [-0.05, 0) is 0 Å². The maximum atomic E-state index is 10.4. The molecule has 0 bridgehead atoms. The van der Waals surface area contributed by atoms with Gasteiger partial charge in [-0.2, -0.15) is 0 Å². The van der Waals surface area contributed by atoms with Crippen LogP contribution < -0.4 is 0 Å². The summed E-state index contributed by atoms with van der Waals surface area (Å²) in [4.78, 5) is 0. The van der Waals surface area contributed by atoms with E-state index in [1.54, 1.807) is 7.85 Å². The maximum absolute atomic E-state index is 10.4. The van der Waals surface area contributed by atoms with E-state index in [1.807, 2.05) is 0 Å². The molecular weight excluding hydrogens is 218 g/mol. The molecule has 0 spiro atoms. The third-order valence-electron chi connectivity index (χ3n) is 2.97. The summed E-state index contributed by atoms with van der Waals surface area (Å²) in [6.07, 6.45) is -0.533. The third-order valence-corrected chi connectivity index (χ3v) is 3.49. The van der Waals surface area contributed by atoms with E-state index in [4.69, 9.17) is 19.1 Å². The first-order chi connectivity index (χ1) is 7.18. The van der Waals surface area contributed by atoms with Gasteiger partial charge in [-0.1, -0.05) is 0 Å². The van der Waals surface area contributed by atoms with E-state index in [0.717, 1.165) is 0 Å². The molecular formula is C8H14BO5P. The predicted octanol–water partition coefficient (Wildman–Crippen LogP) is -1.62. The van der Waals surface area contributed by atoms with Gasteiger partial charge in [0, 0.05) is 27.1 Å². The zero-order valence-electron chi connectivity index (χ0n) is 8.47. The molecule has 1 fully saturated rings. The maximum Gasteiger partial charge on any atom is 0.143 e. The molecule has 0 aromatic heterocycles. The quantitative estimate of drug-likeness (QED) is 0.442. The van der Waals surface area contributed by atoms with Crippen molar-refractivity contribution in [3.05, 3.63) is 0 Å². The highest BCUT2D eigenvalue weighted by Gasteiger charge is 2.54. The number of fused-ring (bicyclic) bond motifs is 1. The van der Waals surface area contributed by atoms with Crippen LogP contribution in [0.25, 0.3) is 0 Å². The van der Waals surface area contributed by atoms with Crippen molar-refractivity contribution in [2.24, 2.45) is 0 Å². The van der Waals surface area contributed by atoms with Gasteiger partial charge in [0.25, 0.3) is 0 Å². The van der Waals surface area contributed by atoms with Crippen molar-refractivity contribution in [3.8, 4) is 5.81 Å². The van der Waals surface area contributed by atoms with Crippen LogP contribution in [0, 0.1) is 5.81 Å². The highest BCUT2D eigenvalue weighted by atomic mass is 31.1. The van der Waals surface area contributed by atoms with Crippen molar-refractivity contribution in [3.63, 3.8) is 0 Å². The second-order valence-electron chi connectivity index (χ2n) is 3.84. The predicted molar refractivity (Wildman–Crippen MR) is 56.9 cm³/mol. The molecule has 84 valence electrons. The van der Waals surface area contributed by atoms with Crippen molar-refractivity contribution in [1.29, 1.82) is 0 Å². The summed E-state index contributed by atoms with van der Waals surface area (Å²) in [5.41, 5.74) is -1.15. The molecule has 0 radical (unpaired) electrons. The Labute approximate surface area is 90.3 Å². The fourth-order valence-corrected chi connectivity index (χ4v) is 2.56. The Balaban J connectivity index is 2.20. The summed E-state index contributed by atoms with van der Waals surface area (Å²) in [7, 11) is 1.82. The molecule has 0 saturated carbocycles. The Morgan fingerprint density at radius 2 is 2.40 bits per heavy atom. The first-order valence-corrected chi connectivity index (χ1v) is 5.85. The highest BCUT2D eigenvalue weighted by Crippen LogP contribution is 2.36. The molecule has 2 rings (SSSR count). The third kappa shape index (κ3) is 1.95. The van der Waals surface area contributed by atoms with Crippen LogP contribution in [-0.4, -0.2) is 55.1 Å². The number of rotatable bonds is 2. The van der Waals surface area contributed by atoms with Crippen molar-refractivity contribution >= 4 is 16.1 Å². The van der Waals surface area contributed by atoms with Gasteiger partial charge in [-0.25, -0.2) is 0 Å². The average Bonchev–Trinajstić information content (AvgIpc) is 2.42. The van der Waals surface area contributed by atoms with Crippen LogP contribution in [0.15, 0.2) is 0 Å². The van der Waals surface area contributed by atoms with Crippen molar-refractivity contribution < 1.29 is 24.2 Å². The number of aliphatic hydroxyl groups is 2. The largest absolute Gasteiger partial charge is 0.396 e. The summed E-state index contributed by atoms with van der Waals surface area (Å²) in [6, 6.07) is -0.369. The van der Waals surface area contributed by atoms with Gasteiger partial charge in [0.05, 0.1) is 12.6 Å². The van der Waals surface area contributed by atoms with Crippen LogP contribution in [0.4, 0.5) is 0 Å². The Hall–Kier alpha value is -0.0551. The van der Waals surface area contributed by atoms with Crippen molar-refractivity contribution in [1.82, 2.24) is 0 Å². The van der Waals surface area contributed by atoms with Crippen LogP contribution in [0.2, 0.25) is 0 Å². The molecule has 2 heterocycles. The van der Waals surface area contributed by atoms with Gasteiger partial charge in [-0.15, -0.1) is 0 Å². The zero-order valence-corrected chi connectivity index (χ0v) is 9.47. The van der Waals surface area contributed by atoms with Gasteiger partial charge in [0.1, 0.15) is 25.7 Å². The van der Waals surface area contributed by atoms with E-state index >= 15 is 0 Å². The van der Waals surface area contributed by atoms with E-state index in [9.17, 15) is 5.11 Å². The fourth-order valence-electron chi connectivity index (χ4n) is 2.07. The normalized spacial score (nSPS) is 45.6. The summed E-state index contributed by atoms with van der Waals surface area (Å²) in [5.74, 6) is 2.64. The number of ether oxygens (including phenoxy) is 2. The van der Waals surface area contributed by atoms with Crippen LogP contribution >= 0.6 is 8.26 Å². The number of hydrogen-bond acceptors (Lipinski definition) is 5. The number of hydrogen-bond donors (Lipinski definition) is 2. The van der Waals surface area contributed by atoms with Crippen LogP contribution in [-0.2, 0) is 14.0 Å². The van der Waals surface area contributed by atoms with Crippen LogP contribution in [0.5, 0.6) is 0 Å². The molecule has 0 aromatic carbocycles.